The Hall–Kier alpha value is -4.70. The number of hydrogen-bond donors (Lipinski definition) is 8. The molecule has 4 unspecified atom stereocenters. The average molecular weight is 508 g/mol. The first kappa shape index (κ1) is 25.0. The third kappa shape index (κ3) is 4.81. The zero-order valence-electron chi connectivity index (χ0n) is 19.6. The maximum Gasteiger partial charge on any atom is 0.318 e. The van der Waals surface area contributed by atoms with Gasteiger partial charge in [0.25, 0.3) is 0 Å². The monoisotopic (exact) mass is 508 g/mol. The van der Waals surface area contributed by atoms with Gasteiger partial charge in [0.15, 0.2) is 6.11 Å². The topological polar surface area (TPSA) is 163 Å². The molecule has 12 heteroatoms. The maximum absolute atomic E-state index is 12.7. The van der Waals surface area contributed by atoms with Gasteiger partial charge in [-0.3, -0.25) is 15.4 Å². The predicted octanol–water partition coefficient (Wildman–Crippen LogP) is -1.67. The molecule has 1 fully saturated rings. The highest BCUT2D eigenvalue weighted by atomic mass is 16.7. The molecule has 0 radical (unpaired) electrons. The Morgan fingerprint density at radius 1 is 0.711 bits per heavy atom. The van der Waals surface area contributed by atoms with Crippen molar-refractivity contribution >= 4 is 11.9 Å². The molecule has 2 aromatic rings. The average Bonchev–Trinajstić information content (AvgIpc) is 3.24. The fraction of sp³-hybridized carbons (Fsp3) is 0.154. The van der Waals surface area contributed by atoms with Crippen molar-refractivity contribution in [1.82, 2.24) is 38.8 Å². The van der Waals surface area contributed by atoms with Gasteiger partial charge in [0.1, 0.15) is 0 Å². The van der Waals surface area contributed by atoms with E-state index in [1.165, 1.54) is 0 Å². The Bertz CT molecular complexity index is 1530. The molecule has 0 aromatic heterocycles. The third-order valence-corrected chi connectivity index (χ3v) is 6.34. The van der Waals surface area contributed by atoms with Gasteiger partial charge in [0, 0.05) is 35.2 Å². The number of cyclic esters (lactones) is 2. The second kappa shape index (κ2) is 11.6. The quantitative estimate of drug-likeness (QED) is 0.0537. The number of nitrogens with two attached hydrogens (primary N) is 1. The smallest absolute Gasteiger partial charge is 0.318 e. The molecule has 2 bridgehead atoms. The number of benzene rings is 2. The molecule has 38 heavy (non-hydrogen) atoms. The number of carbonyl (C=O) groups excluding carboxylic acids is 2. The van der Waals surface area contributed by atoms with Gasteiger partial charge in [0.2, 0.25) is 0 Å². The largest absolute Gasteiger partial charge is 0.393 e. The molecular weight excluding hydrogens is 488 g/mol. The standard InChI is InChI=1S/C26H20N8O4/c27-28-29-30-31-32-33-34-37-15-8-4-2-1-3-5-10-16-11-9-14-19-20(16)22-18-13-7-6-12-17(18)21(19)23-24(22)26(36)38-25(23)35/h6-7,9,11-14,21-24,28-34H,27H2. The number of carbonyl (C=O) groups is 2. The summed E-state index contributed by atoms with van der Waals surface area (Å²) in [6, 6.07) is 13.7. The highest BCUT2D eigenvalue weighted by Gasteiger charge is 2.60. The molecule has 4 aliphatic rings. The molecule has 2 aromatic carbocycles. The van der Waals surface area contributed by atoms with Gasteiger partial charge < -0.3 is 9.57 Å². The maximum atomic E-state index is 12.7. The van der Waals surface area contributed by atoms with E-state index in [1.54, 1.807) is 0 Å². The lowest BCUT2D eigenvalue weighted by atomic mass is 9.54. The number of nitrogens with one attached hydrogen (secondary N) is 7. The molecule has 1 heterocycles. The summed E-state index contributed by atoms with van der Waals surface area (Å²) in [5.41, 5.74) is 21.2. The molecule has 1 saturated heterocycles. The summed E-state index contributed by atoms with van der Waals surface area (Å²) in [6.45, 7) is 0. The van der Waals surface area contributed by atoms with Gasteiger partial charge in [-0.2, -0.15) is 27.7 Å². The van der Waals surface area contributed by atoms with Crippen LogP contribution in [0.25, 0.3) is 0 Å². The number of ether oxygens (including phenoxy) is 1. The highest BCUT2D eigenvalue weighted by Crippen LogP contribution is 2.61. The molecule has 0 saturated carbocycles. The first-order chi connectivity index (χ1) is 18.7. The predicted molar refractivity (Wildman–Crippen MR) is 132 cm³/mol. The molecule has 12 nitrogen and oxygen atoms in total. The van der Waals surface area contributed by atoms with Crippen LogP contribution < -0.4 is 44.6 Å². The van der Waals surface area contributed by atoms with E-state index in [2.05, 4.69) is 86.3 Å². The van der Waals surface area contributed by atoms with Crippen LogP contribution in [0.15, 0.2) is 42.5 Å². The lowest BCUT2D eigenvalue weighted by Crippen LogP contribution is -2.62. The summed E-state index contributed by atoms with van der Waals surface area (Å²) in [6.07, 6.45) is 2.29. The fourth-order valence-electron chi connectivity index (χ4n) is 5.17. The zero-order valence-corrected chi connectivity index (χ0v) is 19.6. The second-order valence-corrected chi connectivity index (χ2v) is 8.13. The molecule has 0 spiro atoms. The molecular formula is C26H20N8O4. The minimum absolute atomic E-state index is 0.242. The van der Waals surface area contributed by atoms with Crippen molar-refractivity contribution in [1.29, 1.82) is 0 Å². The van der Waals surface area contributed by atoms with Crippen molar-refractivity contribution in [3.63, 3.8) is 0 Å². The van der Waals surface area contributed by atoms with Crippen molar-refractivity contribution < 1.29 is 19.2 Å². The molecule has 6 rings (SSSR count). The Morgan fingerprint density at radius 3 is 2.13 bits per heavy atom. The SMILES string of the molecule is NNNNNNNNOC#CC#CC#CC#Cc1cccc2c1C1c3ccccc3C2C2C(=O)OC(=O)C12. The first-order valence-corrected chi connectivity index (χ1v) is 11.3. The summed E-state index contributed by atoms with van der Waals surface area (Å²) in [5.74, 6) is 21.2. The van der Waals surface area contributed by atoms with E-state index in [1.807, 2.05) is 42.5 Å². The summed E-state index contributed by atoms with van der Waals surface area (Å²) < 4.78 is 5.09. The van der Waals surface area contributed by atoms with E-state index < -0.39 is 23.8 Å². The van der Waals surface area contributed by atoms with E-state index in [9.17, 15) is 9.59 Å². The van der Waals surface area contributed by atoms with Gasteiger partial charge in [-0.15, -0.1) is 5.53 Å². The zero-order chi connectivity index (χ0) is 26.3. The van der Waals surface area contributed by atoms with Crippen LogP contribution in [0.5, 0.6) is 0 Å². The van der Waals surface area contributed by atoms with E-state index in [-0.39, 0.29) is 11.8 Å². The molecule has 4 atom stereocenters. The van der Waals surface area contributed by atoms with Crippen LogP contribution in [0, 0.1) is 59.4 Å². The summed E-state index contributed by atoms with van der Waals surface area (Å²) >= 11 is 0. The van der Waals surface area contributed by atoms with Crippen LogP contribution in [0.4, 0.5) is 0 Å². The van der Waals surface area contributed by atoms with E-state index >= 15 is 0 Å². The van der Waals surface area contributed by atoms with E-state index in [0.29, 0.717) is 0 Å². The molecule has 0 amide bonds. The minimum Gasteiger partial charge on any atom is -0.393 e. The fourth-order valence-corrected chi connectivity index (χ4v) is 5.17. The van der Waals surface area contributed by atoms with Crippen molar-refractivity contribution in [2.24, 2.45) is 17.7 Å². The first-order valence-electron chi connectivity index (χ1n) is 11.3. The summed E-state index contributed by atoms with van der Waals surface area (Å²) in [5, 5.41) is 0. The number of hydrazine groups is 7. The van der Waals surface area contributed by atoms with Crippen LogP contribution in [0.1, 0.15) is 39.7 Å². The Balaban J connectivity index is 1.27. The van der Waals surface area contributed by atoms with Crippen LogP contribution in [0.3, 0.4) is 0 Å². The van der Waals surface area contributed by atoms with Crippen molar-refractivity contribution in [3.8, 4) is 47.5 Å². The van der Waals surface area contributed by atoms with Gasteiger partial charge in [-0.25, -0.2) is 0 Å². The van der Waals surface area contributed by atoms with Gasteiger partial charge in [-0.05, 0) is 46.1 Å². The molecule has 9 N–H and O–H groups in total. The van der Waals surface area contributed by atoms with Crippen molar-refractivity contribution in [2.45, 2.75) is 11.8 Å². The molecule has 188 valence electrons. The number of hydrogen-bond acceptors (Lipinski definition) is 12. The third-order valence-electron chi connectivity index (χ3n) is 6.34. The van der Waals surface area contributed by atoms with Gasteiger partial charge in [-0.1, -0.05) is 47.9 Å². The summed E-state index contributed by atoms with van der Waals surface area (Å²) in [4.78, 5) is 30.0. The van der Waals surface area contributed by atoms with E-state index in [0.717, 1.165) is 27.8 Å². The van der Waals surface area contributed by atoms with Crippen LogP contribution in [0.2, 0.25) is 0 Å². The van der Waals surface area contributed by atoms with Crippen LogP contribution >= 0.6 is 0 Å². The summed E-state index contributed by atoms with van der Waals surface area (Å²) in [7, 11) is 0. The van der Waals surface area contributed by atoms with Gasteiger partial charge >= 0.3 is 11.9 Å². The van der Waals surface area contributed by atoms with E-state index in [4.69, 9.17) is 15.4 Å². The van der Waals surface area contributed by atoms with Crippen molar-refractivity contribution in [2.75, 3.05) is 0 Å². The molecule has 3 aliphatic carbocycles. The second-order valence-electron chi connectivity index (χ2n) is 8.13. The number of rotatable bonds is 7. The van der Waals surface area contributed by atoms with Gasteiger partial charge in [0.05, 0.1) is 11.8 Å². The minimum atomic E-state index is -0.547. The van der Waals surface area contributed by atoms with Crippen LogP contribution in [-0.2, 0) is 19.2 Å². The lowest BCUT2D eigenvalue weighted by Gasteiger charge is -2.45. The van der Waals surface area contributed by atoms with Crippen molar-refractivity contribution in [3.05, 3.63) is 70.3 Å². The lowest BCUT2D eigenvalue weighted by molar-refractivity contribution is -0.153. The Kier molecular flexibility index (Phi) is 7.60. The van der Waals surface area contributed by atoms with Crippen LogP contribution in [-0.4, -0.2) is 11.9 Å². The Labute approximate surface area is 217 Å². The number of esters is 2. The highest BCUT2D eigenvalue weighted by molar-refractivity contribution is 6.00. The normalized spacial score (nSPS) is 21.0. The molecule has 1 aliphatic heterocycles. The Morgan fingerprint density at radius 2 is 1.34 bits per heavy atom.